The van der Waals surface area contributed by atoms with Crippen LogP contribution in [0.25, 0.3) is 0 Å². The van der Waals surface area contributed by atoms with Crippen LogP contribution in [0.4, 0.5) is 4.39 Å². The molecule has 2 aliphatic rings. The standard InChI is InChI=1S/C21H22FNO3S/c1-13-21(25-2,7-8-26-13)15-10-16(22)12-18(11-15)27-17-4-5-19-14(9-17)3-6-20(19)23-24/h4-5,9-13,24H,3,6-8H2,1-2H3/b23-20-. The maximum absolute atomic E-state index is 14.4. The van der Waals surface area contributed by atoms with Crippen LogP contribution in [-0.2, 0) is 21.5 Å². The van der Waals surface area contributed by atoms with Gasteiger partial charge in [-0.15, -0.1) is 0 Å². The summed E-state index contributed by atoms with van der Waals surface area (Å²) in [6.07, 6.45) is 2.19. The lowest BCUT2D eigenvalue weighted by atomic mass is 9.87. The Hall–Kier alpha value is -1.89. The van der Waals surface area contributed by atoms with Crippen LogP contribution in [0.3, 0.4) is 0 Å². The van der Waals surface area contributed by atoms with Crippen LogP contribution in [0.1, 0.15) is 36.5 Å². The highest BCUT2D eigenvalue weighted by Crippen LogP contribution is 2.41. The van der Waals surface area contributed by atoms with Gasteiger partial charge in [0.25, 0.3) is 0 Å². The smallest absolute Gasteiger partial charge is 0.124 e. The van der Waals surface area contributed by atoms with Crippen molar-refractivity contribution >= 4 is 17.5 Å². The number of aryl methyl sites for hydroxylation is 1. The number of nitrogens with zero attached hydrogens (tertiary/aromatic N) is 1. The van der Waals surface area contributed by atoms with E-state index in [4.69, 9.17) is 14.7 Å². The first-order chi connectivity index (χ1) is 13.1. The van der Waals surface area contributed by atoms with Crippen molar-refractivity contribution in [1.82, 2.24) is 0 Å². The number of halogens is 1. The van der Waals surface area contributed by atoms with Gasteiger partial charge in [0.05, 0.1) is 18.4 Å². The van der Waals surface area contributed by atoms with Crippen molar-refractivity contribution in [2.75, 3.05) is 13.7 Å². The van der Waals surface area contributed by atoms with Crippen LogP contribution in [-0.4, -0.2) is 30.7 Å². The largest absolute Gasteiger partial charge is 0.411 e. The van der Waals surface area contributed by atoms with Gasteiger partial charge in [-0.2, -0.15) is 0 Å². The summed E-state index contributed by atoms with van der Waals surface area (Å²) in [4.78, 5) is 1.86. The third-order valence-corrected chi connectivity index (χ3v) is 6.56. The van der Waals surface area contributed by atoms with E-state index in [-0.39, 0.29) is 11.9 Å². The third-order valence-electron chi connectivity index (χ3n) is 5.60. The van der Waals surface area contributed by atoms with E-state index in [0.717, 1.165) is 45.0 Å². The molecule has 0 amide bonds. The maximum atomic E-state index is 14.4. The van der Waals surface area contributed by atoms with E-state index in [1.165, 1.54) is 11.8 Å². The van der Waals surface area contributed by atoms with E-state index < -0.39 is 5.60 Å². The number of rotatable bonds is 4. The molecule has 27 heavy (non-hydrogen) atoms. The van der Waals surface area contributed by atoms with E-state index in [0.29, 0.717) is 13.0 Å². The van der Waals surface area contributed by atoms with Gasteiger partial charge < -0.3 is 14.7 Å². The molecule has 0 radical (unpaired) electrons. The first kappa shape index (κ1) is 18.5. The third kappa shape index (κ3) is 3.26. The number of oxime groups is 1. The molecule has 2 aromatic rings. The van der Waals surface area contributed by atoms with E-state index >= 15 is 0 Å². The Kier molecular flexibility index (Phi) is 4.97. The molecule has 2 unspecified atom stereocenters. The highest BCUT2D eigenvalue weighted by molar-refractivity contribution is 7.99. The first-order valence-electron chi connectivity index (χ1n) is 9.05. The average molecular weight is 387 g/mol. The summed E-state index contributed by atoms with van der Waals surface area (Å²) in [5.74, 6) is -0.276. The van der Waals surface area contributed by atoms with Gasteiger partial charge in [0.15, 0.2) is 0 Å². The number of methoxy groups -OCH3 is 1. The zero-order chi connectivity index (χ0) is 19.0. The topological polar surface area (TPSA) is 51.0 Å². The molecule has 6 heteroatoms. The molecule has 4 rings (SSSR count). The number of ether oxygens (including phenoxy) is 2. The van der Waals surface area contributed by atoms with E-state index in [1.54, 1.807) is 19.2 Å². The highest BCUT2D eigenvalue weighted by Gasteiger charge is 2.43. The lowest BCUT2D eigenvalue weighted by molar-refractivity contribution is -0.0650. The summed E-state index contributed by atoms with van der Waals surface area (Å²) < 4.78 is 25.9. The van der Waals surface area contributed by atoms with Crippen molar-refractivity contribution < 1.29 is 19.1 Å². The van der Waals surface area contributed by atoms with Crippen molar-refractivity contribution in [3.63, 3.8) is 0 Å². The molecule has 1 aliphatic carbocycles. The summed E-state index contributed by atoms with van der Waals surface area (Å²) in [6, 6.07) is 11.1. The SMILES string of the molecule is COC1(c2cc(F)cc(Sc3ccc4c(c3)CC/C4=N/O)c2)CCOC1C. The van der Waals surface area contributed by atoms with Crippen molar-refractivity contribution in [3.8, 4) is 0 Å². The van der Waals surface area contributed by atoms with Crippen LogP contribution < -0.4 is 0 Å². The molecule has 2 atom stereocenters. The van der Waals surface area contributed by atoms with Gasteiger partial charge in [-0.3, -0.25) is 0 Å². The molecule has 1 fully saturated rings. The fourth-order valence-electron chi connectivity index (χ4n) is 4.11. The summed E-state index contributed by atoms with van der Waals surface area (Å²) in [5, 5.41) is 12.4. The average Bonchev–Trinajstić information content (AvgIpc) is 3.24. The fraction of sp³-hybridized carbons (Fsp3) is 0.381. The van der Waals surface area contributed by atoms with Crippen LogP contribution in [0.2, 0.25) is 0 Å². The normalized spacial score (nSPS) is 25.9. The summed E-state index contributed by atoms with van der Waals surface area (Å²) in [6.45, 7) is 2.57. The molecule has 142 valence electrons. The second kappa shape index (κ2) is 7.26. The van der Waals surface area contributed by atoms with Crippen LogP contribution in [0.15, 0.2) is 51.3 Å². The number of benzene rings is 2. The molecular formula is C21H22FNO3S. The van der Waals surface area contributed by atoms with Gasteiger partial charge in [-0.1, -0.05) is 23.0 Å². The van der Waals surface area contributed by atoms with Crippen molar-refractivity contribution in [2.45, 2.75) is 47.7 Å². The lowest BCUT2D eigenvalue weighted by Gasteiger charge is -2.31. The number of hydrogen-bond donors (Lipinski definition) is 1. The van der Waals surface area contributed by atoms with Gasteiger partial charge in [0.1, 0.15) is 11.4 Å². The molecule has 0 spiro atoms. The summed E-state index contributed by atoms with van der Waals surface area (Å²) in [7, 11) is 1.66. The molecule has 1 saturated heterocycles. The Morgan fingerprint density at radius 2 is 2.07 bits per heavy atom. The van der Waals surface area contributed by atoms with Crippen LogP contribution in [0, 0.1) is 5.82 Å². The zero-order valence-corrected chi connectivity index (χ0v) is 16.2. The Morgan fingerprint density at radius 1 is 1.22 bits per heavy atom. The van der Waals surface area contributed by atoms with Crippen molar-refractivity contribution in [1.29, 1.82) is 0 Å². The quantitative estimate of drug-likeness (QED) is 0.607. The van der Waals surface area contributed by atoms with Crippen LogP contribution >= 0.6 is 11.8 Å². The van der Waals surface area contributed by atoms with Gasteiger partial charge >= 0.3 is 0 Å². The van der Waals surface area contributed by atoms with Gasteiger partial charge in [-0.25, -0.2) is 4.39 Å². The summed E-state index contributed by atoms with van der Waals surface area (Å²) >= 11 is 1.52. The van der Waals surface area contributed by atoms with Gasteiger partial charge in [-0.05, 0) is 61.2 Å². The highest BCUT2D eigenvalue weighted by atomic mass is 32.2. The van der Waals surface area contributed by atoms with Gasteiger partial charge in [0, 0.05) is 28.9 Å². The predicted octanol–water partition coefficient (Wildman–Crippen LogP) is 4.75. The van der Waals surface area contributed by atoms with E-state index in [1.807, 2.05) is 25.1 Å². The minimum Gasteiger partial charge on any atom is -0.411 e. The molecule has 2 aromatic carbocycles. The Morgan fingerprint density at radius 3 is 2.78 bits per heavy atom. The Balaban J connectivity index is 1.65. The van der Waals surface area contributed by atoms with Crippen molar-refractivity contribution in [2.24, 2.45) is 5.16 Å². The maximum Gasteiger partial charge on any atom is 0.124 e. The molecule has 1 N–H and O–H groups in total. The Labute approximate surface area is 162 Å². The predicted molar refractivity (Wildman–Crippen MR) is 102 cm³/mol. The molecule has 1 aliphatic heterocycles. The number of hydrogen-bond acceptors (Lipinski definition) is 5. The van der Waals surface area contributed by atoms with Gasteiger partial charge in [0.2, 0.25) is 0 Å². The zero-order valence-electron chi connectivity index (χ0n) is 15.4. The van der Waals surface area contributed by atoms with E-state index in [2.05, 4.69) is 11.2 Å². The second-order valence-electron chi connectivity index (χ2n) is 7.00. The minimum atomic E-state index is -0.609. The molecule has 0 saturated carbocycles. The summed E-state index contributed by atoms with van der Waals surface area (Å²) in [5.41, 5.74) is 3.09. The molecule has 0 bridgehead atoms. The Bertz CT molecular complexity index is 901. The second-order valence-corrected chi connectivity index (χ2v) is 8.15. The monoisotopic (exact) mass is 387 g/mol. The number of fused-ring (bicyclic) bond motifs is 1. The fourth-order valence-corrected chi connectivity index (χ4v) is 5.07. The minimum absolute atomic E-state index is 0.127. The molecule has 1 heterocycles. The lowest BCUT2D eigenvalue weighted by Crippen LogP contribution is -2.35. The molecular weight excluding hydrogens is 365 g/mol. The van der Waals surface area contributed by atoms with Crippen LogP contribution in [0.5, 0.6) is 0 Å². The molecule has 0 aromatic heterocycles. The van der Waals surface area contributed by atoms with E-state index in [9.17, 15) is 4.39 Å². The van der Waals surface area contributed by atoms with Crippen molar-refractivity contribution in [3.05, 3.63) is 58.9 Å². The first-order valence-corrected chi connectivity index (χ1v) is 9.87. The molecule has 4 nitrogen and oxygen atoms in total.